The van der Waals surface area contributed by atoms with Gasteiger partial charge in [0.05, 0.1) is 16.9 Å². The van der Waals surface area contributed by atoms with Crippen molar-refractivity contribution in [3.8, 4) is 5.69 Å². The van der Waals surface area contributed by atoms with Gasteiger partial charge >= 0.3 is 6.03 Å². The smallest absolute Gasteiger partial charge is 0.308 e. The first-order valence-corrected chi connectivity index (χ1v) is 7.69. The average Bonchev–Trinajstić information content (AvgIpc) is 3.01. The zero-order valence-corrected chi connectivity index (χ0v) is 13.8. The number of urea groups is 1. The van der Waals surface area contributed by atoms with E-state index in [0.717, 1.165) is 18.2 Å². The number of rotatable bonds is 3. The number of imide groups is 1. The summed E-state index contributed by atoms with van der Waals surface area (Å²) in [6, 6.07) is 8.52. The van der Waals surface area contributed by atoms with Gasteiger partial charge in [-0.25, -0.2) is 18.3 Å². The number of aromatic nitrogens is 2. The third-order valence-electron chi connectivity index (χ3n) is 3.36. The fourth-order valence-electron chi connectivity index (χ4n) is 2.18. The molecule has 0 aliphatic heterocycles. The van der Waals surface area contributed by atoms with Crippen LogP contribution in [-0.2, 0) is 0 Å². The standard InChI is InChI=1S/C17H11ClF2N4O2/c18-10-8-21-24(9-10)12-6-4-11(5-7-12)22-17(26)23-16(25)15-13(19)2-1-3-14(15)20/h1-9H,(H2,22,23,25,26). The molecule has 1 heterocycles. The second-order valence-corrected chi connectivity index (χ2v) is 5.59. The van der Waals surface area contributed by atoms with Crippen LogP contribution in [0.25, 0.3) is 5.69 Å². The Bertz CT molecular complexity index is 953. The number of anilines is 1. The van der Waals surface area contributed by atoms with Crippen molar-refractivity contribution in [3.05, 3.63) is 77.1 Å². The van der Waals surface area contributed by atoms with Crippen LogP contribution in [0.4, 0.5) is 19.3 Å². The minimum atomic E-state index is -1.18. The third kappa shape index (κ3) is 3.86. The Kier molecular flexibility index (Phi) is 4.94. The van der Waals surface area contributed by atoms with Gasteiger partial charge in [-0.15, -0.1) is 0 Å². The molecular formula is C17H11ClF2N4O2. The van der Waals surface area contributed by atoms with Gasteiger partial charge in [0.1, 0.15) is 17.2 Å². The van der Waals surface area contributed by atoms with Crippen molar-refractivity contribution in [1.29, 1.82) is 0 Å². The fraction of sp³-hybridized carbons (Fsp3) is 0. The minimum absolute atomic E-state index is 0.367. The monoisotopic (exact) mass is 376 g/mol. The second-order valence-electron chi connectivity index (χ2n) is 5.15. The maximum atomic E-state index is 13.5. The first-order valence-electron chi connectivity index (χ1n) is 7.31. The number of hydrogen-bond donors (Lipinski definition) is 2. The third-order valence-corrected chi connectivity index (χ3v) is 3.55. The molecule has 0 radical (unpaired) electrons. The number of carbonyl (C=O) groups is 2. The molecule has 0 aliphatic carbocycles. The van der Waals surface area contributed by atoms with Gasteiger partial charge in [-0.1, -0.05) is 17.7 Å². The Morgan fingerprint density at radius 1 is 1.04 bits per heavy atom. The van der Waals surface area contributed by atoms with Gasteiger partial charge in [-0.05, 0) is 36.4 Å². The van der Waals surface area contributed by atoms with Crippen molar-refractivity contribution in [2.75, 3.05) is 5.32 Å². The minimum Gasteiger partial charge on any atom is -0.308 e. The number of hydrogen-bond acceptors (Lipinski definition) is 3. The SMILES string of the molecule is O=C(NC(=O)c1c(F)cccc1F)Nc1ccc(-n2cc(Cl)cn2)cc1. The number of nitrogens with zero attached hydrogens (tertiary/aromatic N) is 2. The maximum absolute atomic E-state index is 13.5. The van der Waals surface area contributed by atoms with E-state index >= 15 is 0 Å². The molecule has 9 heteroatoms. The highest BCUT2D eigenvalue weighted by molar-refractivity contribution is 6.30. The van der Waals surface area contributed by atoms with E-state index in [1.54, 1.807) is 30.5 Å². The Labute approximate surface area is 151 Å². The number of benzene rings is 2. The number of amides is 3. The van der Waals surface area contributed by atoms with E-state index in [9.17, 15) is 18.4 Å². The largest absolute Gasteiger partial charge is 0.326 e. The van der Waals surface area contributed by atoms with E-state index < -0.39 is 29.1 Å². The molecular weight excluding hydrogens is 366 g/mol. The predicted octanol–water partition coefficient (Wildman–Crippen LogP) is 3.77. The quantitative estimate of drug-likeness (QED) is 0.730. The van der Waals surface area contributed by atoms with Crippen LogP contribution in [0.3, 0.4) is 0 Å². The van der Waals surface area contributed by atoms with E-state index in [1.807, 2.05) is 5.32 Å². The second kappa shape index (κ2) is 7.32. The van der Waals surface area contributed by atoms with Crippen LogP contribution in [0.2, 0.25) is 5.02 Å². The molecule has 0 bridgehead atoms. The van der Waals surface area contributed by atoms with E-state index in [2.05, 4.69) is 10.4 Å². The number of carbonyl (C=O) groups excluding carboxylic acids is 2. The van der Waals surface area contributed by atoms with Crippen LogP contribution >= 0.6 is 11.6 Å². The first kappa shape index (κ1) is 17.6. The molecule has 0 unspecified atom stereocenters. The highest BCUT2D eigenvalue weighted by atomic mass is 35.5. The lowest BCUT2D eigenvalue weighted by Gasteiger charge is -2.09. The van der Waals surface area contributed by atoms with Crippen LogP contribution in [0.5, 0.6) is 0 Å². The van der Waals surface area contributed by atoms with E-state index in [-0.39, 0.29) is 0 Å². The van der Waals surface area contributed by atoms with Crippen LogP contribution in [0.1, 0.15) is 10.4 Å². The zero-order valence-electron chi connectivity index (χ0n) is 13.0. The van der Waals surface area contributed by atoms with Gasteiger partial charge in [0.15, 0.2) is 0 Å². The first-order chi connectivity index (χ1) is 12.4. The summed E-state index contributed by atoms with van der Waals surface area (Å²) in [6.45, 7) is 0. The van der Waals surface area contributed by atoms with E-state index in [1.165, 1.54) is 10.9 Å². The Morgan fingerprint density at radius 3 is 2.27 bits per heavy atom. The molecule has 2 N–H and O–H groups in total. The predicted molar refractivity (Wildman–Crippen MR) is 91.4 cm³/mol. The summed E-state index contributed by atoms with van der Waals surface area (Å²) in [4.78, 5) is 23.7. The Hall–Kier alpha value is -3.26. The van der Waals surface area contributed by atoms with Gasteiger partial charge in [0.25, 0.3) is 5.91 Å². The van der Waals surface area contributed by atoms with Crippen molar-refractivity contribution in [3.63, 3.8) is 0 Å². The highest BCUT2D eigenvalue weighted by Crippen LogP contribution is 2.15. The number of nitrogens with one attached hydrogen (secondary N) is 2. The molecule has 6 nitrogen and oxygen atoms in total. The van der Waals surface area contributed by atoms with Crippen LogP contribution in [0.15, 0.2) is 54.9 Å². The lowest BCUT2D eigenvalue weighted by atomic mass is 10.2. The molecule has 2 aromatic carbocycles. The van der Waals surface area contributed by atoms with Crippen molar-refractivity contribution in [1.82, 2.24) is 15.1 Å². The van der Waals surface area contributed by atoms with Crippen LogP contribution in [-0.4, -0.2) is 21.7 Å². The zero-order chi connectivity index (χ0) is 18.7. The van der Waals surface area contributed by atoms with Gasteiger partial charge in [0, 0.05) is 11.9 Å². The normalized spacial score (nSPS) is 10.4. The summed E-state index contributed by atoms with van der Waals surface area (Å²) in [5.74, 6) is -3.30. The van der Waals surface area contributed by atoms with Gasteiger partial charge < -0.3 is 5.32 Å². The molecule has 0 fully saturated rings. The summed E-state index contributed by atoms with van der Waals surface area (Å²) in [5, 5.41) is 8.78. The van der Waals surface area contributed by atoms with Crippen molar-refractivity contribution in [2.24, 2.45) is 0 Å². The average molecular weight is 377 g/mol. The van der Waals surface area contributed by atoms with Crippen molar-refractivity contribution < 1.29 is 18.4 Å². The van der Waals surface area contributed by atoms with Crippen molar-refractivity contribution >= 4 is 29.2 Å². The van der Waals surface area contributed by atoms with Crippen LogP contribution in [0, 0.1) is 11.6 Å². The molecule has 0 saturated heterocycles. The Balaban J connectivity index is 1.65. The lowest BCUT2D eigenvalue weighted by Crippen LogP contribution is -2.35. The van der Waals surface area contributed by atoms with E-state index in [4.69, 9.17) is 11.6 Å². The highest BCUT2D eigenvalue weighted by Gasteiger charge is 2.19. The van der Waals surface area contributed by atoms with E-state index in [0.29, 0.717) is 16.4 Å². The molecule has 132 valence electrons. The summed E-state index contributed by atoms with van der Waals surface area (Å²) in [5.41, 5.74) is 0.243. The van der Waals surface area contributed by atoms with Gasteiger partial charge in [-0.2, -0.15) is 5.10 Å². The molecule has 0 saturated carbocycles. The molecule has 0 aliphatic rings. The van der Waals surface area contributed by atoms with Gasteiger partial charge in [0.2, 0.25) is 0 Å². The lowest BCUT2D eigenvalue weighted by molar-refractivity contribution is 0.0959. The summed E-state index contributed by atoms with van der Waals surface area (Å²) in [7, 11) is 0. The maximum Gasteiger partial charge on any atom is 0.326 e. The van der Waals surface area contributed by atoms with Crippen LogP contribution < -0.4 is 10.6 Å². The molecule has 3 amide bonds. The topological polar surface area (TPSA) is 76.0 Å². The fourth-order valence-corrected chi connectivity index (χ4v) is 2.32. The molecule has 3 rings (SSSR count). The molecule has 1 aromatic heterocycles. The summed E-state index contributed by atoms with van der Waals surface area (Å²) < 4.78 is 28.6. The Morgan fingerprint density at radius 2 is 1.69 bits per heavy atom. The van der Waals surface area contributed by atoms with Crippen molar-refractivity contribution in [2.45, 2.75) is 0 Å². The summed E-state index contributed by atoms with van der Waals surface area (Å²) >= 11 is 5.80. The summed E-state index contributed by atoms with van der Waals surface area (Å²) in [6.07, 6.45) is 3.09. The van der Waals surface area contributed by atoms with Gasteiger partial charge in [-0.3, -0.25) is 10.1 Å². The molecule has 26 heavy (non-hydrogen) atoms. The number of halogens is 3. The molecule has 3 aromatic rings. The molecule has 0 atom stereocenters. The molecule has 0 spiro atoms.